The first kappa shape index (κ1) is 10.6. The van der Waals surface area contributed by atoms with Crippen molar-refractivity contribution in [3.63, 3.8) is 0 Å². The molecule has 0 aliphatic carbocycles. The van der Waals surface area contributed by atoms with Crippen molar-refractivity contribution in [1.82, 2.24) is 14.8 Å². The Morgan fingerprint density at radius 1 is 1.56 bits per heavy atom. The second-order valence-electron chi connectivity index (χ2n) is 3.18. The van der Waals surface area contributed by atoms with E-state index >= 15 is 0 Å². The van der Waals surface area contributed by atoms with Crippen molar-refractivity contribution in [2.24, 2.45) is 0 Å². The van der Waals surface area contributed by atoms with Crippen LogP contribution in [0.4, 0.5) is 5.69 Å². The van der Waals surface area contributed by atoms with Crippen LogP contribution in [0.25, 0.3) is 5.69 Å². The van der Waals surface area contributed by atoms with Gasteiger partial charge in [-0.25, -0.2) is 4.68 Å². The zero-order chi connectivity index (χ0) is 11.5. The predicted molar refractivity (Wildman–Crippen MR) is 60.8 cm³/mol. The van der Waals surface area contributed by atoms with Crippen LogP contribution in [0.3, 0.4) is 0 Å². The van der Waals surface area contributed by atoms with Crippen LogP contribution in [0.2, 0.25) is 5.15 Å². The van der Waals surface area contributed by atoms with Crippen molar-refractivity contribution < 1.29 is 4.79 Å². The van der Waals surface area contributed by atoms with Crippen LogP contribution in [-0.4, -0.2) is 28.2 Å². The number of pyridine rings is 1. The zero-order valence-electron chi connectivity index (χ0n) is 8.54. The first-order chi connectivity index (χ1) is 7.72. The summed E-state index contributed by atoms with van der Waals surface area (Å²) in [5, 5.41) is 4.37. The molecule has 0 atom stereocenters. The smallest absolute Gasteiger partial charge is 0.214 e. The van der Waals surface area contributed by atoms with Crippen LogP contribution in [0.1, 0.15) is 0 Å². The van der Waals surface area contributed by atoms with Crippen LogP contribution in [0.5, 0.6) is 0 Å². The molecule has 0 saturated heterocycles. The SMILES string of the molecule is CN(C=O)c1cn(-c2cccnc2)nc1Cl. The van der Waals surface area contributed by atoms with Gasteiger partial charge >= 0.3 is 0 Å². The highest BCUT2D eigenvalue weighted by atomic mass is 35.5. The molecule has 6 heteroatoms. The third kappa shape index (κ3) is 1.90. The van der Waals surface area contributed by atoms with Gasteiger partial charge in [0.15, 0.2) is 5.15 Å². The molecule has 0 unspecified atom stereocenters. The maximum absolute atomic E-state index is 10.6. The average Bonchev–Trinajstić information content (AvgIpc) is 2.71. The van der Waals surface area contributed by atoms with E-state index in [4.69, 9.17) is 11.6 Å². The van der Waals surface area contributed by atoms with Gasteiger partial charge in [0.2, 0.25) is 6.41 Å². The lowest BCUT2D eigenvalue weighted by Crippen LogP contribution is -2.13. The first-order valence-corrected chi connectivity index (χ1v) is 4.94. The fourth-order valence-corrected chi connectivity index (χ4v) is 1.52. The third-order valence-electron chi connectivity index (χ3n) is 2.10. The molecule has 82 valence electrons. The van der Waals surface area contributed by atoms with Crippen LogP contribution in [0.15, 0.2) is 30.7 Å². The van der Waals surface area contributed by atoms with E-state index in [1.165, 1.54) is 4.90 Å². The number of anilines is 1. The molecule has 16 heavy (non-hydrogen) atoms. The van der Waals surface area contributed by atoms with Crippen molar-refractivity contribution in [3.8, 4) is 5.69 Å². The Kier molecular flexibility index (Phi) is 2.87. The minimum absolute atomic E-state index is 0.276. The minimum Gasteiger partial charge on any atom is -0.314 e. The molecule has 0 N–H and O–H groups in total. The topological polar surface area (TPSA) is 51.0 Å². The van der Waals surface area contributed by atoms with Crippen molar-refractivity contribution in [1.29, 1.82) is 0 Å². The van der Waals surface area contributed by atoms with E-state index in [1.54, 1.807) is 36.4 Å². The number of nitrogens with zero attached hydrogens (tertiary/aromatic N) is 4. The Balaban J connectivity index is 2.42. The number of carbonyl (C=O) groups excluding carboxylic acids is 1. The number of hydrogen-bond donors (Lipinski definition) is 0. The minimum atomic E-state index is 0.276. The summed E-state index contributed by atoms with van der Waals surface area (Å²) in [6.07, 6.45) is 5.69. The highest BCUT2D eigenvalue weighted by Gasteiger charge is 2.11. The molecule has 0 fully saturated rings. The molecule has 2 aromatic rings. The Bertz CT molecular complexity index is 497. The molecule has 0 radical (unpaired) electrons. The van der Waals surface area contributed by atoms with Gasteiger partial charge in [-0.15, -0.1) is 0 Å². The number of aromatic nitrogens is 3. The Morgan fingerprint density at radius 2 is 2.38 bits per heavy atom. The largest absolute Gasteiger partial charge is 0.314 e. The summed E-state index contributed by atoms with van der Waals surface area (Å²) in [7, 11) is 1.61. The molecule has 0 aliphatic rings. The summed E-state index contributed by atoms with van der Waals surface area (Å²) in [5.41, 5.74) is 1.34. The summed E-state index contributed by atoms with van der Waals surface area (Å²) in [5.74, 6) is 0. The van der Waals surface area contributed by atoms with E-state index < -0.39 is 0 Å². The number of rotatable bonds is 3. The van der Waals surface area contributed by atoms with Gasteiger partial charge in [-0.05, 0) is 12.1 Å². The molecular weight excluding hydrogens is 228 g/mol. The monoisotopic (exact) mass is 236 g/mol. The number of halogens is 1. The third-order valence-corrected chi connectivity index (χ3v) is 2.37. The Labute approximate surface area is 97.3 Å². The Hall–Kier alpha value is -1.88. The van der Waals surface area contributed by atoms with E-state index in [-0.39, 0.29) is 5.15 Å². The van der Waals surface area contributed by atoms with E-state index in [9.17, 15) is 4.79 Å². The molecule has 0 bridgehead atoms. The highest BCUT2D eigenvalue weighted by molar-refractivity contribution is 6.32. The number of amides is 1. The van der Waals surface area contributed by atoms with Crippen molar-refractivity contribution in [2.45, 2.75) is 0 Å². The predicted octanol–water partition coefficient (Wildman–Crippen LogP) is 1.51. The van der Waals surface area contributed by atoms with Gasteiger partial charge in [0, 0.05) is 13.2 Å². The summed E-state index contributed by atoms with van der Waals surface area (Å²) in [4.78, 5) is 16.0. The summed E-state index contributed by atoms with van der Waals surface area (Å²) >= 11 is 5.92. The highest BCUT2D eigenvalue weighted by Crippen LogP contribution is 2.23. The van der Waals surface area contributed by atoms with Gasteiger partial charge in [0.1, 0.15) is 5.69 Å². The lowest BCUT2D eigenvalue weighted by Gasteiger charge is -2.06. The van der Waals surface area contributed by atoms with Gasteiger partial charge in [-0.2, -0.15) is 5.10 Å². The fraction of sp³-hybridized carbons (Fsp3) is 0.100. The lowest BCUT2D eigenvalue weighted by atomic mass is 10.4. The maximum atomic E-state index is 10.6. The van der Waals surface area contributed by atoms with Crippen LogP contribution in [0, 0.1) is 0 Å². The maximum Gasteiger partial charge on any atom is 0.214 e. The number of hydrogen-bond acceptors (Lipinski definition) is 3. The molecule has 5 nitrogen and oxygen atoms in total. The molecule has 1 amide bonds. The van der Waals surface area contributed by atoms with Gasteiger partial charge in [-0.3, -0.25) is 9.78 Å². The summed E-state index contributed by atoms with van der Waals surface area (Å²) in [6, 6.07) is 3.65. The van der Waals surface area contributed by atoms with Gasteiger partial charge < -0.3 is 4.90 Å². The lowest BCUT2D eigenvalue weighted by molar-refractivity contribution is -0.107. The summed E-state index contributed by atoms with van der Waals surface area (Å²) < 4.78 is 1.57. The molecule has 0 aromatic carbocycles. The van der Waals surface area contributed by atoms with Crippen LogP contribution >= 0.6 is 11.6 Å². The van der Waals surface area contributed by atoms with E-state index in [1.807, 2.05) is 6.07 Å². The molecule has 0 saturated carbocycles. The van der Waals surface area contributed by atoms with Crippen LogP contribution < -0.4 is 4.90 Å². The van der Waals surface area contributed by atoms with E-state index in [2.05, 4.69) is 10.1 Å². The molecular formula is C10H9ClN4O. The fourth-order valence-electron chi connectivity index (χ4n) is 1.26. The second kappa shape index (κ2) is 4.32. The second-order valence-corrected chi connectivity index (χ2v) is 3.54. The molecule has 2 rings (SSSR count). The van der Waals surface area contributed by atoms with Gasteiger partial charge in [-0.1, -0.05) is 11.6 Å². The van der Waals surface area contributed by atoms with Crippen LogP contribution in [-0.2, 0) is 4.79 Å². The quantitative estimate of drug-likeness (QED) is 0.759. The van der Waals surface area contributed by atoms with Gasteiger partial charge in [0.05, 0.1) is 18.1 Å². The van der Waals surface area contributed by atoms with Crippen molar-refractivity contribution >= 4 is 23.7 Å². The van der Waals surface area contributed by atoms with Gasteiger partial charge in [0.25, 0.3) is 0 Å². The molecule has 2 heterocycles. The molecule has 0 aliphatic heterocycles. The Morgan fingerprint density at radius 3 is 3.00 bits per heavy atom. The normalized spacial score (nSPS) is 10.1. The average molecular weight is 237 g/mol. The van der Waals surface area contributed by atoms with E-state index in [0.717, 1.165) is 5.69 Å². The standard InChI is InChI=1S/C10H9ClN4O/c1-14(7-16)9-6-15(13-10(9)11)8-3-2-4-12-5-8/h2-7H,1H3. The van der Waals surface area contributed by atoms with Crippen molar-refractivity contribution in [3.05, 3.63) is 35.9 Å². The summed E-state index contributed by atoms with van der Waals surface area (Å²) in [6.45, 7) is 0. The zero-order valence-corrected chi connectivity index (χ0v) is 9.30. The molecule has 2 aromatic heterocycles. The van der Waals surface area contributed by atoms with Crippen molar-refractivity contribution in [2.75, 3.05) is 11.9 Å². The molecule has 0 spiro atoms. The van der Waals surface area contributed by atoms with E-state index in [0.29, 0.717) is 12.1 Å². The number of carbonyl (C=O) groups is 1. The first-order valence-electron chi connectivity index (χ1n) is 4.56.